The average molecular weight is 119 g/mol. The van der Waals surface area contributed by atoms with E-state index in [2.05, 4.69) is 11.8 Å². The van der Waals surface area contributed by atoms with E-state index < -0.39 is 0 Å². The number of unbranched alkanes of at least 4 members (excludes halogenated alkanes) is 2. The molecule has 0 atom stereocenters. The standard InChI is InChI=1S/C5H13NO2/c1-2-3-4-5-8-6-7/h2-6H2,1H3. The summed E-state index contributed by atoms with van der Waals surface area (Å²) in [5.74, 6) is 0. The summed E-state index contributed by atoms with van der Waals surface area (Å²) in [5.41, 5.74) is 0.496. The van der Waals surface area contributed by atoms with Crippen LogP contribution in [0.1, 0.15) is 26.2 Å². The van der Waals surface area contributed by atoms with Gasteiger partial charge in [-0.25, -0.2) is 10.5 Å². The zero-order chi connectivity index (χ0) is 6.24. The third-order valence-corrected chi connectivity index (χ3v) is 0.934. The molecule has 0 aliphatic rings. The zero-order valence-corrected chi connectivity index (χ0v) is 5.22. The van der Waals surface area contributed by atoms with Crippen molar-refractivity contribution >= 4 is 0 Å². The van der Waals surface area contributed by atoms with Crippen LogP contribution < -0.4 is 5.64 Å². The second-order valence-corrected chi connectivity index (χ2v) is 1.67. The number of nitrogens with two attached hydrogens (primary N) is 1. The number of hydrogen-bond donors (Lipinski definition) is 1. The molecule has 50 valence electrons. The predicted molar refractivity (Wildman–Crippen MR) is 30.8 cm³/mol. The van der Waals surface area contributed by atoms with Gasteiger partial charge in [0.25, 0.3) is 0 Å². The van der Waals surface area contributed by atoms with Crippen molar-refractivity contribution in [2.75, 3.05) is 6.61 Å². The predicted octanol–water partition coefficient (Wildman–Crippen LogP) is 0.169. The topological polar surface area (TPSA) is 48.9 Å². The molecule has 0 unspecified atom stereocenters. The minimum Gasteiger partial charge on any atom is -0.601 e. The maximum absolute atomic E-state index is 9.55. The lowest BCUT2D eigenvalue weighted by Crippen LogP contribution is -2.76. The maximum Gasteiger partial charge on any atom is 0.106 e. The highest BCUT2D eigenvalue weighted by atomic mass is 16.8. The molecule has 0 aliphatic carbocycles. The van der Waals surface area contributed by atoms with Crippen molar-refractivity contribution in [3.63, 3.8) is 0 Å². The smallest absolute Gasteiger partial charge is 0.106 e. The summed E-state index contributed by atoms with van der Waals surface area (Å²) in [6.07, 6.45) is 3.31. The molecular weight excluding hydrogens is 106 g/mol. The third-order valence-electron chi connectivity index (χ3n) is 0.934. The van der Waals surface area contributed by atoms with Crippen LogP contribution in [0.2, 0.25) is 0 Å². The van der Waals surface area contributed by atoms with Crippen LogP contribution in [-0.4, -0.2) is 6.61 Å². The molecule has 3 heteroatoms. The molecular formula is C5H13NO2. The van der Waals surface area contributed by atoms with Crippen LogP contribution in [0, 0.1) is 5.21 Å². The molecule has 0 aliphatic heterocycles. The van der Waals surface area contributed by atoms with Crippen LogP contribution in [0.3, 0.4) is 0 Å². The Hall–Kier alpha value is -0.120. The normalized spacial score (nSPS) is 9.75. The Labute approximate surface area is 49.6 Å². The van der Waals surface area contributed by atoms with E-state index in [4.69, 9.17) is 0 Å². The van der Waals surface area contributed by atoms with E-state index in [1.165, 1.54) is 6.42 Å². The molecule has 8 heavy (non-hydrogen) atoms. The van der Waals surface area contributed by atoms with Gasteiger partial charge in [-0.15, -0.1) is 0 Å². The fraction of sp³-hybridized carbons (Fsp3) is 1.00. The Morgan fingerprint density at radius 1 is 1.50 bits per heavy atom. The van der Waals surface area contributed by atoms with Crippen LogP contribution in [-0.2, 0) is 4.84 Å². The van der Waals surface area contributed by atoms with E-state index in [9.17, 15) is 5.21 Å². The Balaban J connectivity index is 2.53. The van der Waals surface area contributed by atoms with Crippen molar-refractivity contribution in [2.45, 2.75) is 26.2 Å². The Kier molecular flexibility index (Phi) is 6.78. The Bertz CT molecular complexity index is 35.4. The molecule has 0 fully saturated rings. The van der Waals surface area contributed by atoms with Gasteiger partial charge < -0.3 is 5.21 Å². The summed E-state index contributed by atoms with van der Waals surface area (Å²) in [4.78, 5) is 4.46. The average Bonchev–Trinajstić information content (AvgIpc) is 1.81. The number of rotatable bonds is 5. The molecule has 0 heterocycles. The van der Waals surface area contributed by atoms with Crippen LogP contribution in [0.15, 0.2) is 0 Å². The first-order chi connectivity index (χ1) is 3.91. The van der Waals surface area contributed by atoms with E-state index in [0.717, 1.165) is 12.8 Å². The summed E-state index contributed by atoms with van der Waals surface area (Å²) in [7, 11) is 0. The monoisotopic (exact) mass is 119 g/mol. The fourth-order valence-corrected chi connectivity index (χ4v) is 0.484. The second kappa shape index (κ2) is 6.88. The first-order valence-electron chi connectivity index (χ1n) is 2.97. The lowest BCUT2D eigenvalue weighted by Gasteiger charge is -1.99. The van der Waals surface area contributed by atoms with Crippen LogP contribution in [0.4, 0.5) is 0 Å². The van der Waals surface area contributed by atoms with Crippen molar-refractivity contribution in [3.8, 4) is 0 Å². The molecule has 0 rings (SSSR count). The van der Waals surface area contributed by atoms with Crippen molar-refractivity contribution in [1.29, 1.82) is 0 Å². The fourth-order valence-electron chi connectivity index (χ4n) is 0.484. The Morgan fingerprint density at radius 2 is 2.25 bits per heavy atom. The molecule has 0 radical (unpaired) electrons. The number of quaternary nitrogens is 1. The van der Waals surface area contributed by atoms with E-state index in [-0.39, 0.29) is 0 Å². The first kappa shape index (κ1) is 7.88. The van der Waals surface area contributed by atoms with Gasteiger partial charge in [0.15, 0.2) is 0 Å². The molecule has 0 aromatic carbocycles. The van der Waals surface area contributed by atoms with Gasteiger partial charge in [0, 0.05) is 0 Å². The van der Waals surface area contributed by atoms with Crippen molar-refractivity contribution < 1.29 is 10.5 Å². The van der Waals surface area contributed by atoms with Crippen molar-refractivity contribution in [2.24, 2.45) is 0 Å². The van der Waals surface area contributed by atoms with Gasteiger partial charge in [-0.3, -0.25) is 0 Å². The van der Waals surface area contributed by atoms with E-state index in [1.807, 2.05) is 0 Å². The molecule has 0 saturated heterocycles. The molecule has 3 nitrogen and oxygen atoms in total. The third kappa shape index (κ3) is 5.88. The maximum atomic E-state index is 9.55. The molecule has 0 aromatic heterocycles. The largest absolute Gasteiger partial charge is 0.601 e. The van der Waals surface area contributed by atoms with E-state index in [0.29, 0.717) is 12.3 Å². The molecule has 2 N–H and O–H groups in total. The van der Waals surface area contributed by atoms with Gasteiger partial charge in [-0.1, -0.05) is 19.8 Å². The minimum absolute atomic E-state index is 0.496. The van der Waals surface area contributed by atoms with Gasteiger partial charge in [0.05, 0.1) is 0 Å². The first-order valence-corrected chi connectivity index (χ1v) is 2.97. The van der Waals surface area contributed by atoms with E-state index >= 15 is 0 Å². The minimum atomic E-state index is 0.496. The molecule has 0 saturated carbocycles. The molecule has 0 amide bonds. The highest BCUT2D eigenvalue weighted by Crippen LogP contribution is 1.90. The molecule has 0 spiro atoms. The highest BCUT2D eigenvalue weighted by molar-refractivity contribution is 4.31. The lowest BCUT2D eigenvalue weighted by molar-refractivity contribution is -0.850. The van der Waals surface area contributed by atoms with E-state index in [1.54, 1.807) is 0 Å². The summed E-state index contributed by atoms with van der Waals surface area (Å²) in [6, 6.07) is 0. The second-order valence-electron chi connectivity index (χ2n) is 1.67. The lowest BCUT2D eigenvalue weighted by atomic mass is 10.3. The van der Waals surface area contributed by atoms with Crippen molar-refractivity contribution in [1.82, 2.24) is 0 Å². The summed E-state index contributed by atoms with van der Waals surface area (Å²) < 4.78 is 0. The highest BCUT2D eigenvalue weighted by Gasteiger charge is 1.83. The van der Waals surface area contributed by atoms with Gasteiger partial charge in [-0.05, 0) is 6.42 Å². The summed E-state index contributed by atoms with van der Waals surface area (Å²) in [5, 5.41) is 9.55. The van der Waals surface area contributed by atoms with Crippen LogP contribution in [0.5, 0.6) is 0 Å². The SMILES string of the molecule is CCCCCO[NH2+][O-]. The van der Waals surface area contributed by atoms with Gasteiger partial charge in [-0.2, -0.15) is 0 Å². The van der Waals surface area contributed by atoms with Gasteiger partial charge in [0.2, 0.25) is 0 Å². The number of hydrogen-bond acceptors (Lipinski definition) is 2. The summed E-state index contributed by atoms with van der Waals surface area (Å²) >= 11 is 0. The van der Waals surface area contributed by atoms with Crippen molar-refractivity contribution in [3.05, 3.63) is 5.21 Å². The molecule has 0 aromatic rings. The Morgan fingerprint density at radius 3 is 2.75 bits per heavy atom. The zero-order valence-electron chi connectivity index (χ0n) is 5.22. The van der Waals surface area contributed by atoms with Gasteiger partial charge in [0.1, 0.15) is 6.61 Å². The van der Waals surface area contributed by atoms with Crippen LogP contribution >= 0.6 is 0 Å². The van der Waals surface area contributed by atoms with Crippen LogP contribution in [0.25, 0.3) is 0 Å². The quantitative estimate of drug-likeness (QED) is 0.414. The summed E-state index contributed by atoms with van der Waals surface area (Å²) in [6.45, 7) is 2.69. The van der Waals surface area contributed by atoms with Gasteiger partial charge >= 0.3 is 0 Å². The molecule has 0 bridgehead atoms.